The SMILES string of the molecule is C=CC.CC.CC1(C)C(c2ccc(C(=O)O)cc2)=CCC2(C)C1CCC1(C)C2CCC2C3CCCC3(NCCCN3CCS(=O)(=O)CC3)CC[C@]21C. The molecule has 5 fully saturated rings. The number of hydrogen-bond donors (Lipinski definition) is 2. The summed E-state index contributed by atoms with van der Waals surface area (Å²) in [6.07, 6.45) is 18.5. The second kappa shape index (κ2) is 15.6. The van der Waals surface area contributed by atoms with Crippen molar-refractivity contribution in [3.63, 3.8) is 0 Å². The van der Waals surface area contributed by atoms with Crippen molar-refractivity contribution in [1.29, 1.82) is 0 Å². The van der Waals surface area contributed by atoms with Crippen molar-refractivity contribution in [2.75, 3.05) is 37.7 Å². The van der Waals surface area contributed by atoms with Crippen LogP contribution in [0.4, 0.5) is 0 Å². The summed E-state index contributed by atoms with van der Waals surface area (Å²) in [5, 5.41) is 13.6. The number of carboxylic acids is 1. The number of allylic oxidation sites excluding steroid dienone is 3. The molecule has 0 aromatic heterocycles. The van der Waals surface area contributed by atoms with Gasteiger partial charge in [-0.05, 0) is 153 Å². The van der Waals surface area contributed by atoms with Gasteiger partial charge in [0.05, 0.1) is 17.1 Å². The standard InChI is InChI=1S/C40H60N2O4S.C3H6.C2H6/c1-36(2)30(28-9-11-29(12-10-28)35(43)44)15-18-37(3)33(36)16-19-39(5)34(37)14-13-31-32-8-6-17-40(32,21-20-38(31,39)4)41-22-7-23-42-24-26-47(45,46)27-25-42;1-3-2;1-2/h9-12,15,31-34,41H,6-8,13-14,16-27H2,1-5H3,(H,43,44);3H,1H2,2H3;1-2H3/t31?,32?,33?,34?,37?,38-,39?,40?;;/m1../s1. The molecule has 52 heavy (non-hydrogen) atoms. The summed E-state index contributed by atoms with van der Waals surface area (Å²) in [7, 11) is -2.82. The first kappa shape index (κ1) is 41.2. The van der Waals surface area contributed by atoms with Crippen LogP contribution in [0, 0.1) is 45.3 Å². The summed E-state index contributed by atoms with van der Waals surface area (Å²) in [6.45, 7) is 25.7. The molecule has 1 aromatic carbocycles. The van der Waals surface area contributed by atoms with Crippen molar-refractivity contribution in [2.24, 2.45) is 45.3 Å². The average molecular weight is 737 g/mol. The fourth-order valence-corrected chi connectivity index (χ4v) is 14.7. The lowest BCUT2D eigenvalue weighted by Gasteiger charge is -2.72. The Kier molecular flexibility index (Phi) is 12.4. The smallest absolute Gasteiger partial charge is 0.335 e. The van der Waals surface area contributed by atoms with Crippen molar-refractivity contribution in [1.82, 2.24) is 10.2 Å². The van der Waals surface area contributed by atoms with Crippen LogP contribution in [0.5, 0.6) is 0 Å². The van der Waals surface area contributed by atoms with E-state index in [0.29, 0.717) is 52.4 Å². The molecule has 8 atom stereocenters. The van der Waals surface area contributed by atoms with Crippen LogP contribution in [0.1, 0.15) is 142 Å². The monoisotopic (exact) mass is 737 g/mol. The first-order chi connectivity index (χ1) is 24.6. The van der Waals surface area contributed by atoms with Crippen molar-refractivity contribution in [3.8, 4) is 0 Å². The maximum atomic E-state index is 11.9. The fraction of sp³-hybridized carbons (Fsp3) is 0.756. The van der Waals surface area contributed by atoms with Gasteiger partial charge in [-0.3, -0.25) is 0 Å². The molecule has 0 amide bonds. The van der Waals surface area contributed by atoms with Gasteiger partial charge in [-0.15, -0.1) is 6.58 Å². The van der Waals surface area contributed by atoms with E-state index in [4.69, 9.17) is 0 Å². The Hall–Kier alpha value is -1.96. The molecular formula is C45H72N2O4S. The van der Waals surface area contributed by atoms with Crippen LogP contribution in [-0.4, -0.2) is 67.6 Å². The Bertz CT molecular complexity index is 1550. The number of aromatic carboxylic acids is 1. The number of carboxylic acid groups (broad SMARTS) is 1. The molecule has 4 saturated carbocycles. The Balaban J connectivity index is 0.000000995. The van der Waals surface area contributed by atoms with E-state index >= 15 is 0 Å². The first-order valence-corrected chi connectivity index (χ1v) is 22.7. The molecule has 1 aliphatic heterocycles. The molecule has 0 bridgehead atoms. The highest BCUT2D eigenvalue weighted by Crippen LogP contribution is 2.76. The second-order valence-corrected chi connectivity index (χ2v) is 20.7. The Morgan fingerprint density at radius 2 is 1.56 bits per heavy atom. The molecule has 6 aliphatic rings. The number of carbonyl (C=O) groups is 1. The molecule has 1 heterocycles. The molecule has 7 rings (SSSR count). The van der Waals surface area contributed by atoms with Crippen molar-refractivity contribution in [2.45, 2.75) is 132 Å². The highest BCUT2D eigenvalue weighted by atomic mass is 32.2. The average Bonchev–Trinajstić information content (AvgIpc) is 3.53. The van der Waals surface area contributed by atoms with Gasteiger partial charge in [-0.1, -0.05) is 79.2 Å². The van der Waals surface area contributed by atoms with Crippen molar-refractivity contribution in [3.05, 3.63) is 54.1 Å². The van der Waals surface area contributed by atoms with Crippen LogP contribution >= 0.6 is 0 Å². The summed E-state index contributed by atoms with van der Waals surface area (Å²) in [6, 6.07) is 7.60. The molecule has 2 N–H and O–H groups in total. The van der Waals surface area contributed by atoms with Crippen LogP contribution in [-0.2, 0) is 9.84 Å². The number of nitrogens with zero attached hydrogens (tertiary/aromatic N) is 1. The summed E-state index contributed by atoms with van der Waals surface area (Å²) in [5.41, 5.74) is 4.26. The van der Waals surface area contributed by atoms with E-state index in [-0.39, 0.29) is 10.8 Å². The van der Waals surface area contributed by atoms with Crippen LogP contribution < -0.4 is 5.32 Å². The second-order valence-electron chi connectivity index (χ2n) is 18.4. The fourth-order valence-electron chi connectivity index (χ4n) is 13.4. The minimum atomic E-state index is -2.82. The predicted molar refractivity (Wildman–Crippen MR) is 217 cm³/mol. The zero-order valence-electron chi connectivity index (χ0n) is 34.0. The van der Waals surface area contributed by atoms with Crippen LogP contribution in [0.2, 0.25) is 0 Å². The number of benzene rings is 1. The molecule has 5 aliphatic carbocycles. The van der Waals surface area contributed by atoms with Crippen LogP contribution in [0.25, 0.3) is 5.57 Å². The highest BCUT2D eigenvalue weighted by molar-refractivity contribution is 7.91. The number of fused-ring (bicyclic) bond motifs is 7. The third-order valence-corrected chi connectivity index (χ3v) is 17.6. The minimum absolute atomic E-state index is 0.0381. The molecule has 1 saturated heterocycles. The molecule has 7 unspecified atom stereocenters. The lowest BCUT2D eigenvalue weighted by atomic mass is 9.33. The third-order valence-electron chi connectivity index (χ3n) is 15.9. The van der Waals surface area contributed by atoms with Gasteiger partial charge < -0.3 is 15.3 Å². The predicted octanol–water partition coefficient (Wildman–Crippen LogP) is 9.91. The molecule has 0 radical (unpaired) electrons. The number of sulfone groups is 1. The summed E-state index contributed by atoms with van der Waals surface area (Å²) in [4.78, 5) is 13.9. The maximum Gasteiger partial charge on any atom is 0.335 e. The largest absolute Gasteiger partial charge is 0.478 e. The van der Waals surface area contributed by atoms with Gasteiger partial charge in [0.2, 0.25) is 0 Å². The van der Waals surface area contributed by atoms with E-state index in [2.05, 4.69) is 57.5 Å². The lowest BCUT2D eigenvalue weighted by molar-refractivity contribution is -0.217. The van der Waals surface area contributed by atoms with Gasteiger partial charge in [0, 0.05) is 18.6 Å². The third kappa shape index (κ3) is 7.14. The lowest BCUT2D eigenvalue weighted by Crippen LogP contribution is -2.67. The molecule has 6 nitrogen and oxygen atoms in total. The number of nitrogens with one attached hydrogen (secondary N) is 1. The van der Waals surface area contributed by atoms with Gasteiger partial charge in [0.1, 0.15) is 0 Å². The van der Waals surface area contributed by atoms with Gasteiger partial charge in [0.25, 0.3) is 0 Å². The van der Waals surface area contributed by atoms with Gasteiger partial charge in [-0.25, -0.2) is 13.2 Å². The Morgan fingerprint density at radius 3 is 2.19 bits per heavy atom. The zero-order chi connectivity index (χ0) is 38.2. The summed E-state index contributed by atoms with van der Waals surface area (Å²) < 4.78 is 23.7. The molecule has 7 heteroatoms. The van der Waals surface area contributed by atoms with Crippen molar-refractivity contribution >= 4 is 21.4 Å². The Labute approximate surface area is 317 Å². The number of hydrogen-bond acceptors (Lipinski definition) is 5. The number of rotatable bonds is 7. The minimum Gasteiger partial charge on any atom is -0.478 e. The van der Waals surface area contributed by atoms with Crippen LogP contribution in [0.3, 0.4) is 0 Å². The van der Waals surface area contributed by atoms with E-state index < -0.39 is 15.8 Å². The topological polar surface area (TPSA) is 86.7 Å². The summed E-state index contributed by atoms with van der Waals surface area (Å²) in [5.74, 6) is 2.68. The van der Waals surface area contributed by atoms with E-state index in [1.54, 1.807) is 18.2 Å². The van der Waals surface area contributed by atoms with Gasteiger partial charge >= 0.3 is 5.97 Å². The van der Waals surface area contributed by atoms with Gasteiger partial charge in [0.15, 0.2) is 9.84 Å². The molecule has 292 valence electrons. The molecular weight excluding hydrogens is 665 g/mol. The highest BCUT2D eigenvalue weighted by Gasteiger charge is 2.69. The Morgan fingerprint density at radius 1 is 0.904 bits per heavy atom. The molecule has 1 aromatic rings. The quantitative estimate of drug-likeness (QED) is 0.214. The van der Waals surface area contributed by atoms with E-state index in [9.17, 15) is 18.3 Å². The molecule has 0 spiro atoms. The normalized spacial score (nSPS) is 38.7. The van der Waals surface area contributed by atoms with Gasteiger partial charge in [-0.2, -0.15) is 0 Å². The zero-order valence-corrected chi connectivity index (χ0v) is 34.8. The van der Waals surface area contributed by atoms with E-state index in [1.165, 1.54) is 68.9 Å². The summed E-state index contributed by atoms with van der Waals surface area (Å²) >= 11 is 0. The van der Waals surface area contributed by atoms with E-state index in [0.717, 1.165) is 43.7 Å². The maximum absolute atomic E-state index is 11.9. The first-order valence-electron chi connectivity index (χ1n) is 20.9. The van der Waals surface area contributed by atoms with Crippen molar-refractivity contribution < 1.29 is 18.3 Å². The van der Waals surface area contributed by atoms with Crippen LogP contribution in [0.15, 0.2) is 43.0 Å². The van der Waals surface area contributed by atoms with E-state index in [1.807, 2.05) is 32.9 Å².